The van der Waals surface area contributed by atoms with Crippen LogP contribution in [0.2, 0.25) is 0 Å². The van der Waals surface area contributed by atoms with Crippen molar-refractivity contribution in [3.8, 4) is 0 Å². The minimum absolute atomic E-state index is 0.0592. The Bertz CT molecular complexity index is 705. The highest BCUT2D eigenvalue weighted by Crippen LogP contribution is 2.26. The summed E-state index contributed by atoms with van der Waals surface area (Å²) >= 11 is 2.84. The molecule has 2 aromatic rings. The van der Waals surface area contributed by atoms with Gasteiger partial charge in [0.05, 0.1) is 11.0 Å². The minimum Gasteiger partial charge on any atom is -0.476 e. The van der Waals surface area contributed by atoms with E-state index in [2.05, 4.69) is 26.2 Å². The Morgan fingerprint density at radius 3 is 2.62 bits per heavy atom. The van der Waals surface area contributed by atoms with Gasteiger partial charge in [0.2, 0.25) is 0 Å². The van der Waals surface area contributed by atoms with Gasteiger partial charge in [0.25, 0.3) is 6.43 Å². The van der Waals surface area contributed by atoms with Crippen molar-refractivity contribution in [2.45, 2.75) is 13.0 Å². The van der Waals surface area contributed by atoms with Gasteiger partial charge in [0, 0.05) is 5.56 Å². The molecule has 0 radical (unpaired) electrons. The number of aromatic nitrogens is 3. The third-order valence-corrected chi connectivity index (χ3v) is 3.24. The average molecular weight is 368 g/mol. The van der Waals surface area contributed by atoms with Crippen LogP contribution < -0.4 is 0 Å². The molecule has 1 N–H and O–H groups in total. The maximum Gasteiger partial charge on any atom is 0.358 e. The van der Waals surface area contributed by atoms with E-state index in [0.717, 1.165) is 12.1 Å². The summed E-state index contributed by atoms with van der Waals surface area (Å²) in [4.78, 5) is 10.8. The van der Waals surface area contributed by atoms with E-state index in [1.54, 1.807) is 0 Å². The predicted octanol–water partition coefficient (Wildman–Crippen LogP) is 3.00. The van der Waals surface area contributed by atoms with Gasteiger partial charge < -0.3 is 5.11 Å². The zero-order valence-electron chi connectivity index (χ0n) is 10.0. The maximum absolute atomic E-state index is 13.8. The second-order valence-corrected chi connectivity index (χ2v) is 4.76. The SMILES string of the molecule is O=C(O)c1nnn(Cc2c(F)ccc(Br)c2F)c1C(F)F. The number of rotatable bonds is 4. The molecule has 0 aliphatic heterocycles. The topological polar surface area (TPSA) is 68.0 Å². The average Bonchev–Trinajstić information content (AvgIpc) is 2.83. The van der Waals surface area contributed by atoms with Gasteiger partial charge >= 0.3 is 5.97 Å². The molecule has 0 saturated heterocycles. The quantitative estimate of drug-likeness (QED) is 0.666. The van der Waals surface area contributed by atoms with E-state index in [9.17, 15) is 22.4 Å². The lowest BCUT2D eigenvalue weighted by Crippen LogP contribution is -2.12. The summed E-state index contributed by atoms with van der Waals surface area (Å²) in [6.45, 7) is -0.711. The number of halogens is 5. The molecule has 1 aromatic heterocycles. The molecule has 1 heterocycles. The molecule has 0 aliphatic carbocycles. The third kappa shape index (κ3) is 2.89. The number of nitrogens with zero attached hydrogens (tertiary/aromatic N) is 3. The summed E-state index contributed by atoms with van der Waals surface area (Å²) in [6.07, 6.45) is -3.20. The monoisotopic (exact) mass is 367 g/mol. The molecule has 0 bridgehead atoms. The number of alkyl halides is 2. The minimum atomic E-state index is -3.20. The largest absolute Gasteiger partial charge is 0.476 e. The Balaban J connectivity index is 2.51. The molecule has 1 aromatic carbocycles. The number of carboxylic acid groups (broad SMARTS) is 1. The Hall–Kier alpha value is -1.97. The maximum atomic E-state index is 13.8. The van der Waals surface area contributed by atoms with Gasteiger partial charge in [0.1, 0.15) is 17.3 Å². The Kier molecular flexibility index (Phi) is 4.26. The fourth-order valence-corrected chi connectivity index (χ4v) is 2.04. The Morgan fingerprint density at radius 2 is 2.05 bits per heavy atom. The highest BCUT2D eigenvalue weighted by molar-refractivity contribution is 9.10. The molecule has 0 amide bonds. The van der Waals surface area contributed by atoms with Gasteiger partial charge in [-0.25, -0.2) is 27.0 Å². The van der Waals surface area contributed by atoms with Crippen LogP contribution in [0, 0.1) is 11.6 Å². The van der Waals surface area contributed by atoms with E-state index in [1.807, 2.05) is 0 Å². The molecule has 0 fully saturated rings. The van der Waals surface area contributed by atoms with Crippen LogP contribution in [-0.2, 0) is 6.54 Å². The van der Waals surface area contributed by atoms with Gasteiger partial charge in [-0.2, -0.15) is 0 Å². The molecule has 0 atom stereocenters. The molecular weight excluding hydrogens is 362 g/mol. The first-order chi connectivity index (χ1) is 9.82. The molecule has 112 valence electrons. The number of carbonyl (C=O) groups is 1. The number of hydrogen-bond donors (Lipinski definition) is 1. The van der Waals surface area contributed by atoms with Gasteiger partial charge in [-0.1, -0.05) is 5.21 Å². The van der Waals surface area contributed by atoms with Crippen molar-refractivity contribution in [2.75, 3.05) is 0 Å². The first-order valence-corrected chi connectivity index (χ1v) is 6.19. The van der Waals surface area contributed by atoms with E-state index < -0.39 is 47.5 Å². The molecule has 10 heteroatoms. The normalized spacial score (nSPS) is 11.1. The van der Waals surface area contributed by atoms with Crippen LogP contribution in [0.4, 0.5) is 17.6 Å². The lowest BCUT2D eigenvalue weighted by atomic mass is 10.2. The molecule has 0 aliphatic rings. The number of benzene rings is 1. The van der Waals surface area contributed by atoms with Crippen molar-refractivity contribution in [3.63, 3.8) is 0 Å². The van der Waals surface area contributed by atoms with E-state index in [-0.39, 0.29) is 4.47 Å². The van der Waals surface area contributed by atoms with Crippen molar-refractivity contribution >= 4 is 21.9 Å². The standard InChI is InChI=1S/C11H6BrF4N3O2/c12-5-1-2-6(13)4(7(5)14)3-19-9(10(15)16)8(11(20)21)17-18-19/h1-2,10H,3H2,(H,20,21). The molecule has 0 spiro atoms. The van der Waals surface area contributed by atoms with Crippen molar-refractivity contribution in [3.05, 3.63) is 45.2 Å². The number of hydrogen-bond acceptors (Lipinski definition) is 3. The molecule has 5 nitrogen and oxygen atoms in total. The first kappa shape index (κ1) is 15.4. The summed E-state index contributed by atoms with van der Waals surface area (Å²) < 4.78 is 53.6. The summed E-state index contributed by atoms with van der Waals surface area (Å²) in [5.74, 6) is -3.65. The van der Waals surface area contributed by atoms with Crippen molar-refractivity contribution in [1.29, 1.82) is 0 Å². The molecule has 21 heavy (non-hydrogen) atoms. The second kappa shape index (κ2) is 5.80. The highest BCUT2D eigenvalue weighted by Gasteiger charge is 2.27. The smallest absolute Gasteiger partial charge is 0.358 e. The van der Waals surface area contributed by atoms with Gasteiger partial charge in [0.15, 0.2) is 5.69 Å². The van der Waals surface area contributed by atoms with Crippen LogP contribution in [0.3, 0.4) is 0 Å². The zero-order valence-corrected chi connectivity index (χ0v) is 11.6. The first-order valence-electron chi connectivity index (χ1n) is 5.40. The van der Waals surface area contributed by atoms with Crippen LogP contribution >= 0.6 is 15.9 Å². The molecule has 0 unspecified atom stereocenters. The fourth-order valence-electron chi connectivity index (χ4n) is 1.67. The predicted molar refractivity (Wildman–Crippen MR) is 65.1 cm³/mol. The number of carboxylic acids is 1. The van der Waals surface area contributed by atoms with Crippen LogP contribution in [0.15, 0.2) is 16.6 Å². The van der Waals surface area contributed by atoms with Crippen molar-refractivity contribution in [1.82, 2.24) is 15.0 Å². The van der Waals surface area contributed by atoms with Crippen LogP contribution in [0.1, 0.15) is 28.2 Å². The highest BCUT2D eigenvalue weighted by atomic mass is 79.9. The van der Waals surface area contributed by atoms with Gasteiger partial charge in [-0.05, 0) is 28.1 Å². The van der Waals surface area contributed by atoms with Gasteiger partial charge in [-0.3, -0.25) is 0 Å². The Morgan fingerprint density at radius 1 is 1.38 bits per heavy atom. The van der Waals surface area contributed by atoms with Gasteiger partial charge in [-0.15, -0.1) is 5.10 Å². The Labute approximate surface area is 123 Å². The van der Waals surface area contributed by atoms with Crippen molar-refractivity contribution in [2.24, 2.45) is 0 Å². The lowest BCUT2D eigenvalue weighted by molar-refractivity contribution is 0.0675. The van der Waals surface area contributed by atoms with E-state index in [4.69, 9.17) is 5.11 Å². The summed E-state index contributed by atoms with van der Waals surface area (Å²) in [7, 11) is 0. The van der Waals surface area contributed by atoms with E-state index in [1.165, 1.54) is 0 Å². The van der Waals surface area contributed by atoms with E-state index in [0.29, 0.717) is 4.68 Å². The van der Waals surface area contributed by atoms with Crippen LogP contribution in [0.25, 0.3) is 0 Å². The van der Waals surface area contributed by atoms with Crippen molar-refractivity contribution < 1.29 is 27.5 Å². The summed E-state index contributed by atoms with van der Waals surface area (Å²) in [6, 6.07) is 2.06. The lowest BCUT2D eigenvalue weighted by Gasteiger charge is -2.09. The summed E-state index contributed by atoms with van der Waals surface area (Å²) in [5.41, 5.74) is -2.50. The fraction of sp³-hybridized carbons (Fsp3) is 0.182. The second-order valence-electron chi connectivity index (χ2n) is 3.91. The summed E-state index contributed by atoms with van der Waals surface area (Å²) in [5, 5.41) is 15.1. The molecule has 0 saturated carbocycles. The van der Waals surface area contributed by atoms with Crippen LogP contribution in [-0.4, -0.2) is 26.1 Å². The third-order valence-electron chi connectivity index (χ3n) is 2.63. The van der Waals surface area contributed by atoms with E-state index >= 15 is 0 Å². The zero-order chi connectivity index (χ0) is 15.7. The molecular formula is C11H6BrF4N3O2. The van der Waals surface area contributed by atoms with Crippen LogP contribution in [0.5, 0.6) is 0 Å². The number of aromatic carboxylic acids is 1. The molecule has 2 rings (SSSR count).